The maximum absolute atomic E-state index is 13.7. The lowest BCUT2D eigenvalue weighted by molar-refractivity contribution is -0.143. The fraction of sp³-hybridized carbons (Fsp3) is 0.533. The SMILES string of the molecule is COC(=O)C(CCN(C)c1ccccc1F)NC(C)C. The summed E-state index contributed by atoms with van der Waals surface area (Å²) in [6.45, 7) is 4.49. The number of ether oxygens (including phenoxy) is 1. The van der Waals surface area contributed by atoms with Crippen LogP contribution in [0.1, 0.15) is 20.3 Å². The van der Waals surface area contributed by atoms with E-state index in [1.165, 1.54) is 13.2 Å². The highest BCUT2D eigenvalue weighted by molar-refractivity contribution is 5.75. The Labute approximate surface area is 119 Å². The summed E-state index contributed by atoms with van der Waals surface area (Å²) in [4.78, 5) is 13.5. The largest absolute Gasteiger partial charge is 0.468 e. The number of hydrogen-bond donors (Lipinski definition) is 1. The Hall–Kier alpha value is -1.62. The standard InChI is InChI=1S/C15H23FN2O2/c1-11(2)17-13(15(19)20-4)9-10-18(3)14-8-6-5-7-12(14)16/h5-8,11,13,17H,9-10H2,1-4H3. The van der Waals surface area contributed by atoms with E-state index in [1.807, 2.05) is 20.9 Å². The van der Waals surface area contributed by atoms with E-state index in [4.69, 9.17) is 4.74 Å². The summed E-state index contributed by atoms with van der Waals surface area (Å²) in [6.07, 6.45) is 0.551. The lowest BCUT2D eigenvalue weighted by Gasteiger charge is -2.24. The van der Waals surface area contributed by atoms with Crippen LogP contribution in [0, 0.1) is 5.82 Å². The first-order chi connectivity index (χ1) is 9.45. The van der Waals surface area contributed by atoms with E-state index < -0.39 is 0 Å². The van der Waals surface area contributed by atoms with Crippen molar-refractivity contribution in [2.45, 2.75) is 32.4 Å². The highest BCUT2D eigenvalue weighted by Crippen LogP contribution is 2.17. The van der Waals surface area contributed by atoms with Gasteiger partial charge in [-0.25, -0.2) is 4.39 Å². The molecule has 5 heteroatoms. The number of nitrogens with zero attached hydrogens (tertiary/aromatic N) is 1. The summed E-state index contributed by atoms with van der Waals surface area (Å²) in [6, 6.07) is 6.39. The fourth-order valence-electron chi connectivity index (χ4n) is 2.02. The van der Waals surface area contributed by atoms with Crippen molar-refractivity contribution in [3.8, 4) is 0 Å². The predicted molar refractivity (Wildman–Crippen MR) is 78.4 cm³/mol. The number of para-hydroxylation sites is 1. The zero-order valence-electron chi connectivity index (χ0n) is 12.5. The van der Waals surface area contributed by atoms with Gasteiger partial charge in [-0.05, 0) is 18.6 Å². The fourth-order valence-corrected chi connectivity index (χ4v) is 2.02. The van der Waals surface area contributed by atoms with Crippen LogP contribution in [0.3, 0.4) is 0 Å². The molecule has 0 saturated carbocycles. The van der Waals surface area contributed by atoms with Gasteiger partial charge < -0.3 is 15.0 Å². The number of carbonyl (C=O) groups excluding carboxylic acids is 1. The first-order valence-electron chi connectivity index (χ1n) is 6.75. The lowest BCUT2D eigenvalue weighted by atomic mass is 10.1. The van der Waals surface area contributed by atoms with Gasteiger partial charge in [0, 0.05) is 19.6 Å². The van der Waals surface area contributed by atoms with E-state index in [9.17, 15) is 9.18 Å². The molecule has 0 aliphatic rings. The maximum Gasteiger partial charge on any atom is 0.322 e. The second-order valence-electron chi connectivity index (χ2n) is 5.06. The highest BCUT2D eigenvalue weighted by atomic mass is 19.1. The predicted octanol–water partition coefficient (Wildman–Crippen LogP) is 2.19. The number of rotatable bonds is 7. The van der Waals surface area contributed by atoms with Crippen molar-refractivity contribution in [1.29, 1.82) is 0 Å². The molecule has 0 heterocycles. The second-order valence-corrected chi connectivity index (χ2v) is 5.06. The van der Waals surface area contributed by atoms with Gasteiger partial charge in [0.25, 0.3) is 0 Å². The molecule has 1 aromatic rings. The average Bonchev–Trinajstić information content (AvgIpc) is 2.42. The van der Waals surface area contributed by atoms with Gasteiger partial charge in [-0.1, -0.05) is 26.0 Å². The van der Waals surface area contributed by atoms with Crippen LogP contribution in [0.15, 0.2) is 24.3 Å². The molecule has 0 spiro atoms. The summed E-state index contributed by atoms with van der Waals surface area (Å²) in [7, 11) is 3.18. The van der Waals surface area contributed by atoms with E-state index in [0.29, 0.717) is 18.7 Å². The average molecular weight is 282 g/mol. The minimum atomic E-state index is -0.380. The van der Waals surface area contributed by atoms with Gasteiger partial charge in [-0.15, -0.1) is 0 Å². The molecular weight excluding hydrogens is 259 g/mol. The Morgan fingerprint density at radius 3 is 2.60 bits per heavy atom. The van der Waals surface area contributed by atoms with E-state index in [1.54, 1.807) is 23.1 Å². The summed E-state index contributed by atoms with van der Waals surface area (Å²) < 4.78 is 18.4. The molecule has 112 valence electrons. The van der Waals surface area contributed by atoms with Crippen LogP contribution in [0.25, 0.3) is 0 Å². The lowest BCUT2D eigenvalue weighted by Crippen LogP contribution is -2.43. The molecule has 20 heavy (non-hydrogen) atoms. The van der Waals surface area contributed by atoms with Crippen molar-refractivity contribution in [1.82, 2.24) is 5.32 Å². The molecule has 1 rings (SSSR count). The first kappa shape index (κ1) is 16.4. The molecular formula is C15H23FN2O2. The molecule has 1 unspecified atom stereocenters. The first-order valence-corrected chi connectivity index (χ1v) is 6.75. The number of benzene rings is 1. The Balaban J connectivity index is 2.63. The molecule has 0 amide bonds. The number of anilines is 1. The van der Waals surface area contributed by atoms with Crippen molar-refractivity contribution in [2.75, 3.05) is 25.6 Å². The molecule has 0 saturated heterocycles. The molecule has 1 atom stereocenters. The summed E-state index contributed by atoms with van der Waals surface area (Å²) >= 11 is 0. The van der Waals surface area contributed by atoms with Gasteiger partial charge in [0.05, 0.1) is 12.8 Å². The highest BCUT2D eigenvalue weighted by Gasteiger charge is 2.20. The Morgan fingerprint density at radius 2 is 2.05 bits per heavy atom. The number of halogens is 1. The smallest absolute Gasteiger partial charge is 0.322 e. The zero-order valence-corrected chi connectivity index (χ0v) is 12.5. The molecule has 1 aromatic carbocycles. The van der Waals surface area contributed by atoms with Crippen LogP contribution in [-0.2, 0) is 9.53 Å². The van der Waals surface area contributed by atoms with E-state index in [0.717, 1.165) is 0 Å². The van der Waals surface area contributed by atoms with Gasteiger partial charge in [0.2, 0.25) is 0 Å². The normalized spacial score (nSPS) is 12.3. The van der Waals surface area contributed by atoms with Gasteiger partial charge >= 0.3 is 5.97 Å². The molecule has 0 aromatic heterocycles. The molecule has 0 bridgehead atoms. The molecule has 0 aliphatic carbocycles. The molecule has 0 aliphatic heterocycles. The van der Waals surface area contributed by atoms with Gasteiger partial charge in [-0.3, -0.25) is 4.79 Å². The van der Waals surface area contributed by atoms with E-state index in [2.05, 4.69) is 5.32 Å². The number of carbonyl (C=O) groups is 1. The van der Waals surface area contributed by atoms with Crippen molar-refractivity contribution < 1.29 is 13.9 Å². The topological polar surface area (TPSA) is 41.6 Å². The number of esters is 1. The quantitative estimate of drug-likeness (QED) is 0.778. The molecule has 0 fully saturated rings. The maximum atomic E-state index is 13.7. The monoisotopic (exact) mass is 282 g/mol. The Morgan fingerprint density at radius 1 is 1.40 bits per heavy atom. The molecule has 0 radical (unpaired) electrons. The van der Waals surface area contributed by atoms with E-state index >= 15 is 0 Å². The van der Waals surface area contributed by atoms with Crippen molar-refractivity contribution in [3.05, 3.63) is 30.1 Å². The van der Waals surface area contributed by atoms with Gasteiger partial charge in [-0.2, -0.15) is 0 Å². The molecule has 1 N–H and O–H groups in total. The third-order valence-electron chi connectivity index (χ3n) is 3.04. The Bertz CT molecular complexity index is 438. The zero-order chi connectivity index (χ0) is 15.1. The van der Waals surface area contributed by atoms with Crippen molar-refractivity contribution in [2.24, 2.45) is 0 Å². The van der Waals surface area contributed by atoms with Crippen LogP contribution < -0.4 is 10.2 Å². The van der Waals surface area contributed by atoms with Crippen molar-refractivity contribution >= 4 is 11.7 Å². The minimum absolute atomic E-state index is 0.179. The number of nitrogens with one attached hydrogen (secondary N) is 1. The third-order valence-corrected chi connectivity index (χ3v) is 3.04. The minimum Gasteiger partial charge on any atom is -0.468 e. The van der Waals surface area contributed by atoms with E-state index in [-0.39, 0.29) is 23.9 Å². The number of methoxy groups -OCH3 is 1. The van der Waals surface area contributed by atoms with Crippen LogP contribution in [0.5, 0.6) is 0 Å². The van der Waals surface area contributed by atoms with Gasteiger partial charge in [0.15, 0.2) is 0 Å². The third kappa shape index (κ3) is 4.81. The van der Waals surface area contributed by atoms with Gasteiger partial charge in [0.1, 0.15) is 11.9 Å². The van der Waals surface area contributed by atoms with Crippen LogP contribution >= 0.6 is 0 Å². The summed E-state index contributed by atoms with van der Waals surface area (Å²) in [5.41, 5.74) is 0.528. The Kier molecular flexibility index (Phi) is 6.45. The molecule has 4 nitrogen and oxygen atoms in total. The van der Waals surface area contributed by atoms with Crippen LogP contribution in [-0.4, -0.2) is 38.8 Å². The summed E-state index contributed by atoms with van der Waals surface area (Å²) in [5.74, 6) is -0.554. The van der Waals surface area contributed by atoms with Crippen LogP contribution in [0.2, 0.25) is 0 Å². The number of hydrogen-bond acceptors (Lipinski definition) is 4. The van der Waals surface area contributed by atoms with Crippen molar-refractivity contribution in [3.63, 3.8) is 0 Å². The second kappa shape index (κ2) is 7.85. The summed E-state index contributed by atoms with van der Waals surface area (Å²) in [5, 5.41) is 3.16. The van der Waals surface area contributed by atoms with Crippen LogP contribution in [0.4, 0.5) is 10.1 Å².